The second kappa shape index (κ2) is 9.78. The summed E-state index contributed by atoms with van der Waals surface area (Å²) in [5, 5.41) is 0. The Hall–Kier alpha value is -1.65. The lowest BCUT2D eigenvalue weighted by molar-refractivity contribution is 0.0172. The number of carbonyl (C=O) groups is 1. The molecular weight excluding hydrogens is 563 g/mol. The Bertz CT molecular complexity index is 1120. The highest BCUT2D eigenvalue weighted by atomic mass is 127. The molecule has 1 spiro atoms. The predicted octanol–water partition coefficient (Wildman–Crippen LogP) is 5.30. The van der Waals surface area contributed by atoms with Crippen molar-refractivity contribution >= 4 is 38.7 Å². The van der Waals surface area contributed by atoms with Crippen LogP contribution < -0.4 is 0 Å². The third-order valence-electron chi connectivity index (χ3n) is 7.32. The zero-order valence-electron chi connectivity index (χ0n) is 20.1. The van der Waals surface area contributed by atoms with Gasteiger partial charge in [-0.2, -0.15) is 0 Å². The average molecular weight is 597 g/mol. The van der Waals surface area contributed by atoms with E-state index in [1.54, 1.807) is 9.21 Å². The standard InChI is InChI=1S/C26H33IN2O4S/c1-4-25(2,3)22-9-5-21(6-10-22)18-34(31,32)29-15-13-26(14-16-29)19-28(24(30)33-26)17-20-7-11-23(27)12-8-20/h5-12H,4,13-19H2,1-3H3. The molecule has 0 saturated carbocycles. The van der Waals surface area contributed by atoms with Gasteiger partial charge < -0.3 is 4.74 Å². The van der Waals surface area contributed by atoms with Crippen molar-refractivity contribution in [3.8, 4) is 0 Å². The van der Waals surface area contributed by atoms with Crippen LogP contribution in [0.4, 0.5) is 4.79 Å². The molecule has 184 valence electrons. The fourth-order valence-electron chi connectivity index (χ4n) is 4.62. The average Bonchev–Trinajstić information content (AvgIpc) is 3.09. The van der Waals surface area contributed by atoms with Gasteiger partial charge in [-0.3, -0.25) is 4.90 Å². The molecule has 2 heterocycles. The minimum Gasteiger partial charge on any atom is -0.441 e. The number of ether oxygens (including phenoxy) is 1. The van der Waals surface area contributed by atoms with Crippen LogP contribution in [-0.4, -0.2) is 49.0 Å². The van der Waals surface area contributed by atoms with E-state index >= 15 is 0 Å². The number of carbonyl (C=O) groups excluding carboxylic acids is 1. The van der Waals surface area contributed by atoms with Crippen molar-refractivity contribution in [3.05, 3.63) is 68.8 Å². The first-order valence-corrected chi connectivity index (χ1v) is 14.5. The van der Waals surface area contributed by atoms with Crippen LogP contribution in [0.2, 0.25) is 0 Å². The number of halogens is 1. The largest absolute Gasteiger partial charge is 0.441 e. The summed E-state index contributed by atoms with van der Waals surface area (Å²) in [6.07, 6.45) is 1.74. The lowest BCUT2D eigenvalue weighted by Gasteiger charge is -2.36. The van der Waals surface area contributed by atoms with E-state index in [-0.39, 0.29) is 17.3 Å². The molecule has 6 nitrogen and oxygen atoms in total. The van der Waals surface area contributed by atoms with E-state index in [0.717, 1.165) is 21.1 Å². The zero-order chi connectivity index (χ0) is 24.6. The Morgan fingerprint density at radius 2 is 1.59 bits per heavy atom. The highest BCUT2D eigenvalue weighted by Gasteiger charge is 2.48. The van der Waals surface area contributed by atoms with E-state index in [0.29, 0.717) is 39.0 Å². The van der Waals surface area contributed by atoms with Crippen molar-refractivity contribution in [3.63, 3.8) is 0 Å². The van der Waals surface area contributed by atoms with Crippen LogP contribution in [-0.2, 0) is 32.5 Å². The number of benzene rings is 2. The molecule has 2 aliphatic rings. The van der Waals surface area contributed by atoms with Crippen molar-refractivity contribution in [2.24, 2.45) is 0 Å². The van der Waals surface area contributed by atoms with Gasteiger partial charge in [-0.1, -0.05) is 57.2 Å². The molecule has 4 rings (SSSR count). The van der Waals surface area contributed by atoms with Crippen molar-refractivity contribution in [1.82, 2.24) is 9.21 Å². The van der Waals surface area contributed by atoms with Gasteiger partial charge in [0.15, 0.2) is 0 Å². The monoisotopic (exact) mass is 596 g/mol. The fraction of sp³-hybridized carbons (Fsp3) is 0.500. The van der Waals surface area contributed by atoms with Crippen molar-refractivity contribution in [2.45, 2.75) is 63.3 Å². The topological polar surface area (TPSA) is 66.9 Å². The van der Waals surface area contributed by atoms with Crippen LogP contribution in [0.5, 0.6) is 0 Å². The van der Waals surface area contributed by atoms with Crippen LogP contribution in [0, 0.1) is 3.57 Å². The molecule has 2 aromatic carbocycles. The van der Waals surface area contributed by atoms with E-state index in [1.165, 1.54) is 5.56 Å². The first-order chi connectivity index (χ1) is 16.0. The molecule has 0 atom stereocenters. The van der Waals surface area contributed by atoms with E-state index in [2.05, 4.69) is 43.4 Å². The molecule has 0 aliphatic carbocycles. The van der Waals surface area contributed by atoms with E-state index in [1.807, 2.05) is 48.5 Å². The summed E-state index contributed by atoms with van der Waals surface area (Å²) in [7, 11) is -3.44. The van der Waals surface area contributed by atoms with E-state index < -0.39 is 15.6 Å². The van der Waals surface area contributed by atoms with E-state index in [9.17, 15) is 13.2 Å². The summed E-state index contributed by atoms with van der Waals surface area (Å²) < 4.78 is 34.7. The fourth-order valence-corrected chi connectivity index (χ4v) is 6.51. The van der Waals surface area contributed by atoms with Crippen LogP contribution >= 0.6 is 22.6 Å². The minimum absolute atomic E-state index is 0.00838. The van der Waals surface area contributed by atoms with Crippen molar-refractivity contribution in [1.29, 1.82) is 0 Å². The van der Waals surface area contributed by atoms with Crippen LogP contribution in [0.15, 0.2) is 48.5 Å². The Morgan fingerprint density at radius 3 is 2.18 bits per heavy atom. The van der Waals surface area contributed by atoms with Gasteiger partial charge in [0.05, 0.1) is 12.3 Å². The van der Waals surface area contributed by atoms with Gasteiger partial charge in [0.25, 0.3) is 0 Å². The summed E-state index contributed by atoms with van der Waals surface area (Å²) in [6.45, 7) is 8.29. The molecule has 2 saturated heterocycles. The number of amides is 1. The molecule has 0 aromatic heterocycles. The highest BCUT2D eigenvalue weighted by Crippen LogP contribution is 2.35. The quantitative estimate of drug-likeness (QED) is 0.408. The molecule has 1 amide bonds. The van der Waals surface area contributed by atoms with Gasteiger partial charge in [-0.25, -0.2) is 17.5 Å². The third-order valence-corrected chi connectivity index (χ3v) is 9.89. The first-order valence-electron chi connectivity index (χ1n) is 11.8. The molecule has 34 heavy (non-hydrogen) atoms. The maximum absolute atomic E-state index is 13.1. The molecule has 0 N–H and O–H groups in total. The van der Waals surface area contributed by atoms with E-state index in [4.69, 9.17) is 4.74 Å². The first kappa shape index (κ1) is 25.4. The normalized spacial score (nSPS) is 18.9. The smallest absolute Gasteiger partial charge is 0.410 e. The van der Waals surface area contributed by atoms with Gasteiger partial charge >= 0.3 is 6.09 Å². The second-order valence-corrected chi connectivity index (χ2v) is 13.3. The molecule has 2 fully saturated rings. The molecule has 0 bridgehead atoms. The summed E-state index contributed by atoms with van der Waals surface area (Å²) in [5.74, 6) is -0.00838. The SMILES string of the molecule is CCC(C)(C)c1ccc(CS(=O)(=O)N2CCC3(CC2)CN(Cc2ccc(I)cc2)C(=O)O3)cc1. The third kappa shape index (κ3) is 5.60. The maximum atomic E-state index is 13.1. The van der Waals surface area contributed by atoms with Crippen LogP contribution in [0.1, 0.15) is 56.7 Å². The van der Waals surface area contributed by atoms with Crippen molar-refractivity contribution < 1.29 is 17.9 Å². The van der Waals surface area contributed by atoms with Gasteiger partial charge in [0.2, 0.25) is 10.0 Å². The van der Waals surface area contributed by atoms with Gasteiger partial charge in [0.1, 0.15) is 5.60 Å². The van der Waals surface area contributed by atoms with Crippen molar-refractivity contribution in [2.75, 3.05) is 19.6 Å². The Labute approximate surface area is 216 Å². The molecular formula is C26H33IN2O4S. The number of piperidine rings is 1. The number of rotatable bonds is 7. The number of hydrogen-bond acceptors (Lipinski definition) is 4. The molecule has 0 unspecified atom stereocenters. The Morgan fingerprint density at radius 1 is 1.00 bits per heavy atom. The Balaban J connectivity index is 1.35. The maximum Gasteiger partial charge on any atom is 0.410 e. The summed E-state index contributed by atoms with van der Waals surface area (Å²) >= 11 is 2.26. The second-order valence-electron chi connectivity index (χ2n) is 10.1. The summed E-state index contributed by atoms with van der Waals surface area (Å²) in [6, 6.07) is 16.0. The number of sulfonamides is 1. The number of nitrogens with zero attached hydrogens (tertiary/aromatic N) is 2. The van der Waals surface area contributed by atoms with Gasteiger partial charge in [0, 0.05) is 36.0 Å². The summed E-state index contributed by atoms with van der Waals surface area (Å²) in [5.41, 5.74) is 2.55. The zero-order valence-corrected chi connectivity index (χ0v) is 23.1. The Kier molecular flexibility index (Phi) is 7.32. The highest BCUT2D eigenvalue weighted by molar-refractivity contribution is 14.1. The van der Waals surface area contributed by atoms with Crippen LogP contribution in [0.25, 0.3) is 0 Å². The molecule has 0 radical (unpaired) electrons. The van der Waals surface area contributed by atoms with Gasteiger partial charge in [-0.15, -0.1) is 0 Å². The minimum atomic E-state index is -3.44. The van der Waals surface area contributed by atoms with Gasteiger partial charge in [-0.05, 0) is 63.2 Å². The molecule has 8 heteroatoms. The lowest BCUT2D eigenvalue weighted by atomic mass is 9.82. The lowest BCUT2D eigenvalue weighted by Crippen LogP contribution is -2.48. The van der Waals surface area contributed by atoms with Crippen LogP contribution in [0.3, 0.4) is 0 Å². The molecule has 2 aromatic rings. The molecule has 2 aliphatic heterocycles. The summed E-state index contributed by atoms with van der Waals surface area (Å²) in [4.78, 5) is 14.3. The number of hydrogen-bond donors (Lipinski definition) is 0. The predicted molar refractivity (Wildman–Crippen MR) is 142 cm³/mol.